The second-order valence-electron chi connectivity index (χ2n) is 15.0. The molecule has 0 bridgehead atoms. The Hall–Kier alpha value is -7.04. The molecule has 2 aliphatic heterocycles. The second-order valence-corrected chi connectivity index (χ2v) is 15.0. The molecule has 8 aromatic carbocycles. The molecule has 0 spiro atoms. The van der Waals surface area contributed by atoms with Crippen LogP contribution in [0.15, 0.2) is 193 Å². The molecule has 4 nitrogen and oxygen atoms in total. The van der Waals surface area contributed by atoms with E-state index in [2.05, 4.69) is 216 Å². The van der Waals surface area contributed by atoms with Crippen molar-refractivity contribution in [1.29, 1.82) is 0 Å². The number of benzene rings is 8. The predicted octanol–water partition coefficient (Wildman–Crippen LogP) is 14.0. The molecule has 11 rings (SSSR count). The lowest BCUT2D eigenvalue weighted by Gasteiger charge is -2.41. The molecule has 56 heavy (non-hydrogen) atoms. The summed E-state index contributed by atoms with van der Waals surface area (Å²) in [6, 6.07) is 62.4. The van der Waals surface area contributed by atoms with Gasteiger partial charge in [0.1, 0.15) is 0 Å². The molecule has 3 aliphatic rings. The maximum absolute atomic E-state index is 2.48. The van der Waals surface area contributed by atoms with Crippen molar-refractivity contribution in [1.82, 2.24) is 0 Å². The Balaban J connectivity index is 1.22. The van der Waals surface area contributed by atoms with Crippen molar-refractivity contribution in [3.8, 4) is 22.3 Å². The van der Waals surface area contributed by atoms with Gasteiger partial charge in [-0.15, -0.1) is 0 Å². The van der Waals surface area contributed by atoms with Gasteiger partial charge in [0.2, 0.25) is 0 Å². The van der Waals surface area contributed by atoms with Gasteiger partial charge >= 0.3 is 0 Å². The molecular weight excluding hydrogens is 681 g/mol. The van der Waals surface area contributed by atoms with Gasteiger partial charge in [-0.3, -0.25) is 0 Å². The van der Waals surface area contributed by atoms with Crippen LogP contribution in [-0.4, -0.2) is 14.1 Å². The zero-order valence-electron chi connectivity index (χ0n) is 31.5. The Kier molecular flexibility index (Phi) is 7.39. The van der Waals surface area contributed by atoms with E-state index in [0.29, 0.717) is 0 Å². The number of nitrogens with zero attached hydrogens (tertiary/aromatic N) is 4. The minimum atomic E-state index is 1.02. The van der Waals surface area contributed by atoms with Crippen LogP contribution in [0, 0.1) is 0 Å². The second kappa shape index (κ2) is 12.8. The van der Waals surface area contributed by atoms with Gasteiger partial charge in [-0.2, -0.15) is 0 Å². The quantitative estimate of drug-likeness (QED) is 0.168. The van der Waals surface area contributed by atoms with Crippen molar-refractivity contribution in [3.05, 3.63) is 193 Å². The lowest BCUT2D eigenvalue weighted by Crippen LogP contribution is -2.32. The third-order valence-corrected chi connectivity index (χ3v) is 11.9. The van der Waals surface area contributed by atoms with Gasteiger partial charge in [0.05, 0.1) is 39.8 Å². The molecule has 2 heterocycles. The minimum Gasteiger partial charge on any atom is -0.345 e. The van der Waals surface area contributed by atoms with Crippen molar-refractivity contribution in [2.24, 2.45) is 0 Å². The number of hydrogen-bond donors (Lipinski definition) is 0. The first-order valence-electron chi connectivity index (χ1n) is 19.5. The Labute approximate surface area is 328 Å². The molecule has 4 heteroatoms. The van der Waals surface area contributed by atoms with Crippen LogP contribution in [0.25, 0.3) is 43.8 Å². The number of hydrogen-bond acceptors (Lipinski definition) is 4. The van der Waals surface area contributed by atoms with Crippen molar-refractivity contribution in [3.63, 3.8) is 0 Å². The van der Waals surface area contributed by atoms with Gasteiger partial charge in [-0.25, -0.2) is 0 Å². The average molecular weight is 721 g/mol. The molecule has 0 unspecified atom stereocenters. The molecule has 0 fully saturated rings. The molecule has 0 atom stereocenters. The largest absolute Gasteiger partial charge is 0.345 e. The van der Waals surface area contributed by atoms with Crippen molar-refractivity contribution in [2.45, 2.75) is 12.8 Å². The van der Waals surface area contributed by atoms with Gasteiger partial charge < -0.3 is 19.6 Å². The Bertz CT molecular complexity index is 2860. The van der Waals surface area contributed by atoms with Crippen LogP contribution in [0.2, 0.25) is 0 Å². The monoisotopic (exact) mass is 720 g/mol. The first-order valence-corrected chi connectivity index (χ1v) is 19.5. The smallest absolute Gasteiger partial charge is 0.0699 e. The predicted molar refractivity (Wildman–Crippen MR) is 237 cm³/mol. The lowest BCUT2D eigenvalue weighted by atomic mass is 9.85. The van der Waals surface area contributed by atoms with E-state index in [1.54, 1.807) is 0 Å². The van der Waals surface area contributed by atoms with Gasteiger partial charge in [0.25, 0.3) is 0 Å². The fourth-order valence-electron chi connectivity index (χ4n) is 9.40. The van der Waals surface area contributed by atoms with Gasteiger partial charge in [-0.1, -0.05) is 115 Å². The maximum Gasteiger partial charge on any atom is 0.0699 e. The van der Waals surface area contributed by atoms with Crippen LogP contribution < -0.4 is 19.6 Å². The molecule has 0 aromatic heterocycles. The Morgan fingerprint density at radius 3 is 1.34 bits per heavy atom. The van der Waals surface area contributed by atoms with E-state index >= 15 is 0 Å². The molecule has 0 saturated heterocycles. The van der Waals surface area contributed by atoms with Gasteiger partial charge in [0.15, 0.2) is 0 Å². The zero-order chi connectivity index (χ0) is 37.3. The van der Waals surface area contributed by atoms with Crippen LogP contribution in [0.5, 0.6) is 0 Å². The number of rotatable bonds is 4. The highest BCUT2D eigenvalue weighted by atomic mass is 15.3. The summed E-state index contributed by atoms with van der Waals surface area (Å²) in [4.78, 5) is 9.60. The van der Waals surface area contributed by atoms with Crippen LogP contribution in [0.3, 0.4) is 0 Å². The van der Waals surface area contributed by atoms with Crippen LogP contribution in [0.4, 0.5) is 45.5 Å². The number of para-hydroxylation sites is 6. The van der Waals surface area contributed by atoms with E-state index in [-0.39, 0.29) is 0 Å². The summed E-state index contributed by atoms with van der Waals surface area (Å²) in [7, 11) is 4.38. The Morgan fingerprint density at radius 2 is 0.821 bits per heavy atom. The summed E-state index contributed by atoms with van der Waals surface area (Å²) >= 11 is 0. The average Bonchev–Trinajstić information content (AvgIpc) is 3.26. The first-order chi connectivity index (χ1) is 27.7. The summed E-state index contributed by atoms with van der Waals surface area (Å²) in [6.07, 6.45) is 6.71. The Morgan fingerprint density at radius 1 is 0.393 bits per heavy atom. The fraction of sp³-hybridized carbons (Fsp3) is 0.0769. The van der Waals surface area contributed by atoms with Gasteiger partial charge in [-0.05, 0) is 123 Å². The van der Waals surface area contributed by atoms with E-state index in [0.717, 1.165) is 24.2 Å². The highest BCUT2D eigenvalue weighted by molar-refractivity contribution is 6.23. The van der Waals surface area contributed by atoms with E-state index in [4.69, 9.17) is 0 Å². The summed E-state index contributed by atoms with van der Waals surface area (Å²) in [5, 5.41) is 4.93. The van der Waals surface area contributed by atoms with E-state index in [9.17, 15) is 0 Å². The number of fused-ring (bicyclic) bond motifs is 5. The maximum atomic E-state index is 2.48. The first kappa shape index (κ1) is 32.4. The van der Waals surface area contributed by atoms with Gasteiger partial charge in [0, 0.05) is 31.2 Å². The molecule has 0 N–H and O–H groups in total. The molecule has 268 valence electrons. The highest BCUT2D eigenvalue weighted by Crippen LogP contribution is 2.53. The topological polar surface area (TPSA) is 13.0 Å². The molecule has 0 saturated carbocycles. The van der Waals surface area contributed by atoms with Crippen LogP contribution >= 0.6 is 0 Å². The molecule has 1 aliphatic carbocycles. The fourth-order valence-corrected chi connectivity index (χ4v) is 9.40. The third-order valence-electron chi connectivity index (χ3n) is 11.9. The molecule has 0 amide bonds. The molecule has 8 aromatic rings. The minimum absolute atomic E-state index is 1.02. The number of anilines is 8. The van der Waals surface area contributed by atoms with Crippen LogP contribution in [-0.2, 0) is 0 Å². The SMILES string of the molecule is CN1C2=C(C=CCC2)N(c2ccc3c(-c4ccccc4)c4cc(N5c6ccccc6N(C)c6ccccc65)ccc4c(-c4ccccc4)c3c2)c2ccccc21. The van der Waals surface area contributed by atoms with E-state index < -0.39 is 0 Å². The molecule has 0 radical (unpaired) electrons. The van der Waals surface area contributed by atoms with Crippen molar-refractivity contribution < 1.29 is 0 Å². The highest BCUT2D eigenvalue weighted by Gasteiger charge is 2.31. The van der Waals surface area contributed by atoms with Crippen LogP contribution in [0.1, 0.15) is 12.8 Å². The molecular formula is C52H40N4. The standard InChI is InChI=1S/C52H40N4/c1-53-43-21-9-13-25-47(43)55(48-26-14-10-22-44(48)53)37-29-31-39-41(33-37)51(35-17-5-3-6-18-35)40-32-30-38(34-42(40)52(39)36-19-7-4-8-20-36)56-49-27-15-11-23-45(49)54(2)46-24-12-16-28-50(46)56/h3-11,13-23,25-34H,12,24H2,1-2H3. The zero-order valence-corrected chi connectivity index (χ0v) is 31.5. The summed E-state index contributed by atoms with van der Waals surface area (Å²) < 4.78 is 0. The van der Waals surface area contributed by atoms with E-state index in [1.807, 2.05) is 0 Å². The lowest BCUT2D eigenvalue weighted by molar-refractivity contribution is 0.849. The summed E-state index contributed by atoms with van der Waals surface area (Å²) in [5.74, 6) is 0. The summed E-state index contributed by atoms with van der Waals surface area (Å²) in [5.41, 5.74) is 16.9. The normalized spacial score (nSPS) is 14.5. The van der Waals surface area contributed by atoms with E-state index in [1.165, 1.54) is 89.3 Å². The van der Waals surface area contributed by atoms with Crippen molar-refractivity contribution >= 4 is 67.0 Å². The summed E-state index contributed by atoms with van der Waals surface area (Å²) in [6.45, 7) is 0. The van der Waals surface area contributed by atoms with Crippen molar-refractivity contribution in [2.75, 3.05) is 33.7 Å². The number of allylic oxidation sites excluding steroid dienone is 3. The third kappa shape index (κ3) is 4.85.